The minimum Gasteiger partial charge on any atom is -0.493 e. The summed E-state index contributed by atoms with van der Waals surface area (Å²) in [4.78, 5) is 0. The predicted molar refractivity (Wildman–Crippen MR) is 89.1 cm³/mol. The number of hydrogen-bond acceptors (Lipinski definition) is 4. The summed E-state index contributed by atoms with van der Waals surface area (Å²) in [5.41, 5.74) is 2.11. The second kappa shape index (κ2) is 8.17. The summed E-state index contributed by atoms with van der Waals surface area (Å²) in [7, 11) is 1.63. The van der Waals surface area contributed by atoms with E-state index in [-0.39, 0.29) is 0 Å². The lowest BCUT2D eigenvalue weighted by Crippen LogP contribution is -2.04. The van der Waals surface area contributed by atoms with Gasteiger partial charge in [-0.25, -0.2) is 0 Å². The number of hydrogen-bond donors (Lipinski definition) is 1. The molecule has 4 nitrogen and oxygen atoms in total. The van der Waals surface area contributed by atoms with Crippen LogP contribution in [0.25, 0.3) is 0 Å². The molecule has 0 unspecified atom stereocenters. The number of benzene rings is 2. The summed E-state index contributed by atoms with van der Waals surface area (Å²) in [6.07, 6.45) is 0. The van der Waals surface area contributed by atoms with Gasteiger partial charge in [-0.15, -0.1) is 0 Å². The third-order valence-corrected chi connectivity index (χ3v) is 3.19. The second-order valence-electron chi connectivity index (χ2n) is 4.70. The van der Waals surface area contributed by atoms with Gasteiger partial charge in [0.1, 0.15) is 5.75 Å². The quantitative estimate of drug-likeness (QED) is 0.796. The van der Waals surface area contributed by atoms with E-state index in [4.69, 9.17) is 14.2 Å². The van der Waals surface area contributed by atoms with Gasteiger partial charge in [0.2, 0.25) is 0 Å². The SMILES string of the molecule is CCOc1cc(OC)c(OCC)cc1NCc1ccccc1. The van der Waals surface area contributed by atoms with Crippen molar-refractivity contribution in [3.63, 3.8) is 0 Å². The van der Waals surface area contributed by atoms with Crippen molar-refractivity contribution in [2.45, 2.75) is 20.4 Å². The highest BCUT2D eigenvalue weighted by Crippen LogP contribution is 2.38. The Balaban J connectivity index is 2.24. The number of anilines is 1. The van der Waals surface area contributed by atoms with Crippen LogP contribution in [0.2, 0.25) is 0 Å². The molecule has 118 valence electrons. The van der Waals surface area contributed by atoms with Crippen LogP contribution in [0.4, 0.5) is 5.69 Å². The predicted octanol–water partition coefficient (Wildman–Crippen LogP) is 4.10. The topological polar surface area (TPSA) is 39.7 Å². The normalized spacial score (nSPS) is 10.1. The third-order valence-electron chi connectivity index (χ3n) is 3.19. The van der Waals surface area contributed by atoms with E-state index < -0.39 is 0 Å². The third kappa shape index (κ3) is 4.07. The first-order chi connectivity index (χ1) is 10.8. The zero-order valence-corrected chi connectivity index (χ0v) is 13.4. The molecule has 0 aliphatic carbocycles. The molecule has 0 radical (unpaired) electrons. The van der Waals surface area contributed by atoms with Crippen molar-refractivity contribution in [2.75, 3.05) is 25.6 Å². The minimum absolute atomic E-state index is 0.586. The van der Waals surface area contributed by atoms with Crippen LogP contribution >= 0.6 is 0 Å². The molecule has 1 N–H and O–H groups in total. The van der Waals surface area contributed by atoms with Crippen LogP contribution < -0.4 is 19.5 Å². The molecule has 2 aromatic carbocycles. The van der Waals surface area contributed by atoms with Crippen LogP contribution in [-0.4, -0.2) is 20.3 Å². The average molecular weight is 301 g/mol. The summed E-state index contributed by atoms with van der Waals surface area (Å²) in [5.74, 6) is 2.15. The highest BCUT2D eigenvalue weighted by Gasteiger charge is 2.12. The first-order valence-electron chi connectivity index (χ1n) is 7.53. The number of methoxy groups -OCH3 is 1. The highest BCUT2D eigenvalue weighted by atomic mass is 16.5. The van der Waals surface area contributed by atoms with Gasteiger partial charge in [0, 0.05) is 18.7 Å². The molecule has 0 spiro atoms. The van der Waals surface area contributed by atoms with Gasteiger partial charge in [-0.3, -0.25) is 0 Å². The largest absolute Gasteiger partial charge is 0.493 e. The van der Waals surface area contributed by atoms with Gasteiger partial charge in [-0.05, 0) is 19.4 Å². The molecule has 0 heterocycles. The van der Waals surface area contributed by atoms with Gasteiger partial charge >= 0.3 is 0 Å². The number of ether oxygens (including phenoxy) is 3. The van der Waals surface area contributed by atoms with E-state index in [0.29, 0.717) is 24.7 Å². The summed E-state index contributed by atoms with van der Waals surface area (Å²) >= 11 is 0. The van der Waals surface area contributed by atoms with E-state index in [0.717, 1.165) is 18.0 Å². The fraction of sp³-hybridized carbons (Fsp3) is 0.333. The Morgan fingerprint density at radius 2 is 1.55 bits per heavy atom. The lowest BCUT2D eigenvalue weighted by atomic mass is 10.2. The van der Waals surface area contributed by atoms with E-state index in [2.05, 4.69) is 17.4 Å². The monoisotopic (exact) mass is 301 g/mol. The molecule has 0 saturated carbocycles. The Morgan fingerprint density at radius 3 is 2.18 bits per heavy atom. The van der Waals surface area contributed by atoms with Crippen LogP contribution in [0.15, 0.2) is 42.5 Å². The van der Waals surface area contributed by atoms with Crippen molar-refractivity contribution in [3.05, 3.63) is 48.0 Å². The smallest absolute Gasteiger partial charge is 0.164 e. The van der Waals surface area contributed by atoms with Crippen molar-refractivity contribution < 1.29 is 14.2 Å². The Hall–Kier alpha value is -2.36. The van der Waals surface area contributed by atoms with Crippen LogP contribution in [0.5, 0.6) is 17.2 Å². The molecule has 0 amide bonds. The molecular formula is C18H23NO3. The molecule has 2 rings (SSSR count). The highest BCUT2D eigenvalue weighted by molar-refractivity contribution is 5.64. The van der Waals surface area contributed by atoms with Crippen molar-refractivity contribution in [3.8, 4) is 17.2 Å². The number of rotatable bonds is 8. The van der Waals surface area contributed by atoms with Crippen molar-refractivity contribution in [1.82, 2.24) is 0 Å². The Kier molecular flexibility index (Phi) is 5.95. The molecule has 0 saturated heterocycles. The van der Waals surface area contributed by atoms with Crippen molar-refractivity contribution in [1.29, 1.82) is 0 Å². The van der Waals surface area contributed by atoms with Gasteiger partial charge in [-0.2, -0.15) is 0 Å². The molecule has 0 aliphatic rings. The molecule has 0 fully saturated rings. The van der Waals surface area contributed by atoms with Gasteiger partial charge in [0.05, 0.1) is 26.0 Å². The van der Waals surface area contributed by atoms with Crippen LogP contribution in [0.3, 0.4) is 0 Å². The first kappa shape index (κ1) is 16.0. The zero-order valence-electron chi connectivity index (χ0n) is 13.4. The Bertz CT molecular complexity index is 584. The van der Waals surface area contributed by atoms with Crippen molar-refractivity contribution in [2.24, 2.45) is 0 Å². The van der Waals surface area contributed by atoms with E-state index in [1.807, 2.05) is 44.2 Å². The van der Waals surface area contributed by atoms with Crippen molar-refractivity contribution >= 4 is 5.69 Å². The lowest BCUT2D eigenvalue weighted by Gasteiger charge is -2.17. The van der Waals surface area contributed by atoms with Crippen LogP contribution in [0, 0.1) is 0 Å². The Labute approximate surface area is 132 Å². The van der Waals surface area contributed by atoms with Gasteiger partial charge < -0.3 is 19.5 Å². The second-order valence-corrected chi connectivity index (χ2v) is 4.70. The molecule has 4 heteroatoms. The fourth-order valence-corrected chi connectivity index (χ4v) is 2.18. The molecule has 0 aliphatic heterocycles. The fourth-order valence-electron chi connectivity index (χ4n) is 2.18. The lowest BCUT2D eigenvalue weighted by molar-refractivity contribution is 0.305. The van der Waals surface area contributed by atoms with Crippen LogP contribution in [0.1, 0.15) is 19.4 Å². The maximum atomic E-state index is 5.70. The van der Waals surface area contributed by atoms with Gasteiger partial charge in [-0.1, -0.05) is 30.3 Å². The molecule has 22 heavy (non-hydrogen) atoms. The van der Waals surface area contributed by atoms with Gasteiger partial charge in [0.15, 0.2) is 11.5 Å². The van der Waals surface area contributed by atoms with Crippen LogP contribution in [-0.2, 0) is 6.54 Å². The summed E-state index contributed by atoms with van der Waals surface area (Å²) in [6, 6.07) is 14.0. The standard InChI is InChI=1S/C18H23NO3/c1-4-21-16-12-17(20-3)18(22-5-2)11-15(16)19-13-14-9-7-6-8-10-14/h6-12,19H,4-5,13H2,1-3H3. The summed E-state index contributed by atoms with van der Waals surface area (Å²) < 4.78 is 16.7. The minimum atomic E-state index is 0.586. The molecule has 0 aromatic heterocycles. The Morgan fingerprint density at radius 1 is 0.864 bits per heavy atom. The summed E-state index contributed by atoms with van der Waals surface area (Å²) in [6.45, 7) is 5.81. The van der Waals surface area contributed by atoms with E-state index in [1.165, 1.54) is 5.56 Å². The van der Waals surface area contributed by atoms with E-state index in [1.54, 1.807) is 7.11 Å². The van der Waals surface area contributed by atoms with E-state index >= 15 is 0 Å². The first-order valence-corrected chi connectivity index (χ1v) is 7.53. The number of nitrogens with one attached hydrogen (secondary N) is 1. The molecule has 0 atom stereocenters. The zero-order chi connectivity index (χ0) is 15.8. The molecule has 2 aromatic rings. The molecule has 0 bridgehead atoms. The average Bonchev–Trinajstić information content (AvgIpc) is 2.56. The van der Waals surface area contributed by atoms with E-state index in [9.17, 15) is 0 Å². The maximum Gasteiger partial charge on any atom is 0.164 e. The summed E-state index contributed by atoms with van der Waals surface area (Å²) in [5, 5.41) is 3.40. The molecular weight excluding hydrogens is 278 g/mol. The van der Waals surface area contributed by atoms with Gasteiger partial charge in [0.25, 0.3) is 0 Å². The maximum absolute atomic E-state index is 5.70.